The van der Waals surface area contributed by atoms with Crippen molar-refractivity contribution in [3.05, 3.63) is 40.7 Å². The molecule has 15 heavy (non-hydrogen) atoms. The van der Waals surface area contributed by atoms with Crippen LogP contribution in [0, 0.1) is 0 Å². The van der Waals surface area contributed by atoms with Crippen LogP contribution in [0.1, 0.15) is 4.88 Å². The van der Waals surface area contributed by atoms with Crippen molar-refractivity contribution in [2.45, 2.75) is 6.61 Å². The van der Waals surface area contributed by atoms with Crippen molar-refractivity contribution in [1.29, 1.82) is 0 Å². The van der Waals surface area contributed by atoms with Crippen LogP contribution in [0.25, 0.3) is 0 Å². The van der Waals surface area contributed by atoms with Crippen molar-refractivity contribution in [1.82, 2.24) is 4.98 Å². The van der Waals surface area contributed by atoms with Crippen molar-refractivity contribution >= 4 is 17.2 Å². The van der Waals surface area contributed by atoms with Gasteiger partial charge in [0.05, 0.1) is 0 Å². The zero-order valence-electron chi connectivity index (χ0n) is 8.43. The average molecular weight is 220 g/mol. The van der Waals surface area contributed by atoms with Crippen LogP contribution >= 0.6 is 11.3 Å². The molecule has 0 fully saturated rings. The first kappa shape index (κ1) is 9.98. The number of ether oxygens (including phenoxy) is 1. The quantitative estimate of drug-likeness (QED) is 0.860. The smallest absolute Gasteiger partial charge is 0.129 e. The molecule has 0 unspecified atom stereocenters. The number of pyridine rings is 1. The van der Waals surface area contributed by atoms with Gasteiger partial charge in [-0.15, -0.1) is 11.3 Å². The molecule has 0 aliphatic heterocycles. The monoisotopic (exact) mass is 220 g/mol. The summed E-state index contributed by atoms with van der Waals surface area (Å²) >= 11 is 1.70. The standard InChI is InChI=1S/C11H12N2OS/c1-12-11-7-9(4-5-13-11)14-8-10-3-2-6-15-10/h2-7H,8H2,1H3,(H,12,13). The van der Waals surface area contributed by atoms with E-state index in [0.29, 0.717) is 6.61 Å². The highest BCUT2D eigenvalue weighted by molar-refractivity contribution is 7.09. The van der Waals surface area contributed by atoms with Crippen LogP contribution in [-0.2, 0) is 6.61 Å². The van der Waals surface area contributed by atoms with Gasteiger partial charge in [-0.2, -0.15) is 0 Å². The summed E-state index contributed by atoms with van der Waals surface area (Å²) in [5, 5.41) is 5.02. The van der Waals surface area contributed by atoms with E-state index in [1.807, 2.05) is 30.6 Å². The van der Waals surface area contributed by atoms with E-state index in [-0.39, 0.29) is 0 Å². The van der Waals surface area contributed by atoms with Crippen LogP contribution in [0.3, 0.4) is 0 Å². The molecule has 0 bridgehead atoms. The summed E-state index contributed by atoms with van der Waals surface area (Å²) in [6.07, 6.45) is 1.73. The van der Waals surface area contributed by atoms with Crippen LogP contribution in [0.15, 0.2) is 35.8 Å². The molecule has 0 amide bonds. The molecule has 4 heteroatoms. The summed E-state index contributed by atoms with van der Waals surface area (Å²) in [7, 11) is 1.84. The molecule has 1 N–H and O–H groups in total. The zero-order valence-corrected chi connectivity index (χ0v) is 9.25. The van der Waals surface area contributed by atoms with Crippen LogP contribution < -0.4 is 10.1 Å². The number of anilines is 1. The molecule has 0 aromatic carbocycles. The predicted octanol–water partition coefficient (Wildman–Crippen LogP) is 2.76. The SMILES string of the molecule is CNc1cc(OCc2cccs2)ccn1. The van der Waals surface area contributed by atoms with E-state index in [0.717, 1.165) is 11.6 Å². The molecule has 0 saturated carbocycles. The minimum Gasteiger partial charge on any atom is -0.488 e. The van der Waals surface area contributed by atoms with Gasteiger partial charge in [0, 0.05) is 24.2 Å². The minimum absolute atomic E-state index is 0.616. The van der Waals surface area contributed by atoms with Gasteiger partial charge >= 0.3 is 0 Å². The predicted molar refractivity (Wildman–Crippen MR) is 62.4 cm³/mol. The van der Waals surface area contributed by atoms with Crippen LogP contribution in [0.2, 0.25) is 0 Å². The highest BCUT2D eigenvalue weighted by Gasteiger charge is 1.98. The Morgan fingerprint density at radius 3 is 3.13 bits per heavy atom. The molecule has 2 aromatic rings. The fourth-order valence-corrected chi connectivity index (χ4v) is 1.80. The van der Waals surface area contributed by atoms with E-state index >= 15 is 0 Å². The number of nitrogens with zero attached hydrogens (tertiary/aromatic N) is 1. The molecular formula is C11H12N2OS. The van der Waals surface area contributed by atoms with Crippen LogP contribution in [0.5, 0.6) is 5.75 Å². The Labute approximate surface area is 92.7 Å². The Morgan fingerprint density at radius 2 is 2.40 bits per heavy atom. The normalized spacial score (nSPS) is 9.93. The van der Waals surface area contributed by atoms with E-state index < -0.39 is 0 Å². The van der Waals surface area contributed by atoms with E-state index in [1.165, 1.54) is 4.88 Å². The average Bonchev–Trinajstić information content (AvgIpc) is 2.79. The first-order valence-electron chi connectivity index (χ1n) is 4.67. The Balaban J connectivity index is 1.98. The lowest BCUT2D eigenvalue weighted by molar-refractivity contribution is 0.309. The molecule has 2 rings (SSSR count). The number of hydrogen-bond donors (Lipinski definition) is 1. The Hall–Kier alpha value is -1.55. The van der Waals surface area contributed by atoms with Gasteiger partial charge in [0.2, 0.25) is 0 Å². The van der Waals surface area contributed by atoms with Crippen molar-refractivity contribution in [2.24, 2.45) is 0 Å². The molecule has 0 atom stereocenters. The summed E-state index contributed by atoms with van der Waals surface area (Å²) < 4.78 is 5.62. The summed E-state index contributed by atoms with van der Waals surface area (Å²) in [6, 6.07) is 7.82. The summed E-state index contributed by atoms with van der Waals surface area (Å²) in [6.45, 7) is 0.616. The Kier molecular flexibility index (Phi) is 3.19. The third-order valence-corrected chi connectivity index (χ3v) is 2.80. The van der Waals surface area contributed by atoms with Gasteiger partial charge in [-0.1, -0.05) is 6.07 Å². The lowest BCUT2D eigenvalue weighted by atomic mass is 10.4. The molecule has 3 nitrogen and oxygen atoms in total. The van der Waals surface area contributed by atoms with Crippen molar-refractivity contribution in [3.8, 4) is 5.75 Å². The molecular weight excluding hydrogens is 208 g/mol. The Bertz CT molecular complexity index is 414. The Morgan fingerprint density at radius 1 is 1.47 bits per heavy atom. The molecule has 2 aromatic heterocycles. The summed E-state index contributed by atoms with van der Waals surface area (Å²) in [5.74, 6) is 1.65. The maximum Gasteiger partial charge on any atom is 0.129 e. The van der Waals surface area contributed by atoms with Gasteiger partial charge in [-0.05, 0) is 17.5 Å². The van der Waals surface area contributed by atoms with Gasteiger partial charge in [0.15, 0.2) is 0 Å². The lowest BCUT2D eigenvalue weighted by Crippen LogP contribution is -1.95. The minimum atomic E-state index is 0.616. The van der Waals surface area contributed by atoms with Gasteiger partial charge in [-0.25, -0.2) is 4.98 Å². The van der Waals surface area contributed by atoms with E-state index in [4.69, 9.17) is 4.74 Å². The van der Waals surface area contributed by atoms with Gasteiger partial charge in [-0.3, -0.25) is 0 Å². The first-order valence-corrected chi connectivity index (χ1v) is 5.55. The molecule has 78 valence electrons. The lowest BCUT2D eigenvalue weighted by Gasteiger charge is -2.05. The molecule has 0 spiro atoms. The van der Waals surface area contributed by atoms with Crippen molar-refractivity contribution in [2.75, 3.05) is 12.4 Å². The van der Waals surface area contributed by atoms with Crippen LogP contribution in [0.4, 0.5) is 5.82 Å². The van der Waals surface area contributed by atoms with Gasteiger partial charge in [0.1, 0.15) is 18.2 Å². The molecule has 0 aliphatic rings. The zero-order chi connectivity index (χ0) is 10.5. The summed E-state index contributed by atoms with van der Waals surface area (Å²) in [4.78, 5) is 5.33. The maximum absolute atomic E-state index is 5.62. The number of hydrogen-bond acceptors (Lipinski definition) is 4. The van der Waals surface area contributed by atoms with E-state index in [2.05, 4.69) is 16.4 Å². The summed E-state index contributed by atoms with van der Waals surface area (Å²) in [5.41, 5.74) is 0. The van der Waals surface area contributed by atoms with Crippen LogP contribution in [-0.4, -0.2) is 12.0 Å². The number of rotatable bonds is 4. The molecule has 0 radical (unpaired) electrons. The number of thiophene rings is 1. The first-order chi connectivity index (χ1) is 7.38. The largest absolute Gasteiger partial charge is 0.488 e. The topological polar surface area (TPSA) is 34.1 Å². The number of nitrogens with one attached hydrogen (secondary N) is 1. The van der Waals surface area contributed by atoms with Gasteiger partial charge < -0.3 is 10.1 Å². The fourth-order valence-electron chi connectivity index (χ4n) is 1.19. The second-order valence-electron chi connectivity index (χ2n) is 2.99. The highest BCUT2D eigenvalue weighted by Crippen LogP contribution is 2.17. The maximum atomic E-state index is 5.62. The van der Waals surface area contributed by atoms with Gasteiger partial charge in [0.25, 0.3) is 0 Å². The molecule has 0 saturated heterocycles. The second-order valence-corrected chi connectivity index (χ2v) is 4.03. The number of aromatic nitrogens is 1. The second kappa shape index (κ2) is 4.79. The molecule has 2 heterocycles. The van der Waals surface area contributed by atoms with E-state index in [9.17, 15) is 0 Å². The third-order valence-electron chi connectivity index (χ3n) is 1.95. The van der Waals surface area contributed by atoms with E-state index in [1.54, 1.807) is 17.5 Å². The fraction of sp³-hybridized carbons (Fsp3) is 0.182. The third kappa shape index (κ3) is 2.70. The van der Waals surface area contributed by atoms with Crippen molar-refractivity contribution < 1.29 is 4.74 Å². The highest BCUT2D eigenvalue weighted by atomic mass is 32.1. The molecule has 0 aliphatic carbocycles. The van der Waals surface area contributed by atoms with Crippen molar-refractivity contribution in [3.63, 3.8) is 0 Å².